The Bertz CT molecular complexity index is 1210. The molecule has 0 radical (unpaired) electrons. The summed E-state index contributed by atoms with van der Waals surface area (Å²) in [5.74, 6) is -0.759. The number of esters is 1. The zero-order chi connectivity index (χ0) is 21.1. The summed E-state index contributed by atoms with van der Waals surface area (Å²) in [5.41, 5.74) is 3.30. The van der Waals surface area contributed by atoms with Crippen LogP contribution in [0.15, 0.2) is 54.6 Å². The van der Waals surface area contributed by atoms with Crippen LogP contribution in [0.1, 0.15) is 38.9 Å². The highest BCUT2D eigenvalue weighted by atomic mass is 32.1. The molecule has 2 heterocycles. The fraction of sp³-hybridized carbons (Fsp3) is 0.182. The van der Waals surface area contributed by atoms with Gasteiger partial charge in [-0.2, -0.15) is 10.1 Å². The van der Waals surface area contributed by atoms with Crippen molar-refractivity contribution in [3.8, 4) is 0 Å². The number of hydrogen-bond donors (Lipinski definition) is 1. The summed E-state index contributed by atoms with van der Waals surface area (Å²) in [6, 6.07) is 17.1. The van der Waals surface area contributed by atoms with Crippen LogP contribution in [0.2, 0.25) is 0 Å². The number of nitrogens with one attached hydrogen (secondary N) is 1. The lowest BCUT2D eigenvalue weighted by Crippen LogP contribution is -2.12. The molecule has 1 N–H and O–H groups in total. The predicted molar refractivity (Wildman–Crippen MR) is 116 cm³/mol. The Morgan fingerprint density at radius 2 is 1.93 bits per heavy atom. The number of aryl methyl sites for hydroxylation is 1. The molecule has 4 aromatic rings. The Hall–Kier alpha value is -3.52. The van der Waals surface area contributed by atoms with Gasteiger partial charge in [0.2, 0.25) is 0 Å². The SMILES string of the molecule is CCOC(=O)c1nn(Cc2ccccc2)c2nc(NC(=O)c3cccc(C)c3)sc12. The van der Waals surface area contributed by atoms with E-state index in [2.05, 4.69) is 15.4 Å². The van der Waals surface area contributed by atoms with E-state index < -0.39 is 5.97 Å². The number of hydrogen-bond acceptors (Lipinski definition) is 6. The standard InChI is InChI=1S/C22H20N4O3S/c1-3-29-21(28)17-18-19(26(25-17)13-15-9-5-4-6-10-15)23-22(30-18)24-20(27)16-11-7-8-14(2)12-16/h4-12H,3,13H2,1-2H3,(H,23,24,27). The first-order chi connectivity index (χ1) is 14.5. The van der Waals surface area contributed by atoms with E-state index in [0.29, 0.717) is 27.6 Å². The first-order valence-corrected chi connectivity index (χ1v) is 10.3. The molecule has 4 rings (SSSR count). The van der Waals surface area contributed by atoms with E-state index >= 15 is 0 Å². The first kappa shape index (κ1) is 19.8. The number of rotatable bonds is 6. The lowest BCUT2D eigenvalue weighted by Gasteiger charge is -2.04. The minimum atomic E-state index is -0.505. The molecule has 2 aromatic carbocycles. The number of amides is 1. The van der Waals surface area contributed by atoms with Crippen molar-refractivity contribution in [2.24, 2.45) is 0 Å². The zero-order valence-electron chi connectivity index (χ0n) is 16.6. The molecule has 0 saturated carbocycles. The molecule has 0 aliphatic carbocycles. The average molecular weight is 420 g/mol. The number of aromatic nitrogens is 3. The number of carbonyl (C=O) groups is 2. The molecular weight excluding hydrogens is 400 g/mol. The highest BCUT2D eigenvalue weighted by Gasteiger charge is 2.23. The van der Waals surface area contributed by atoms with Gasteiger partial charge in [0.15, 0.2) is 16.5 Å². The van der Waals surface area contributed by atoms with Crippen molar-refractivity contribution in [1.29, 1.82) is 0 Å². The van der Waals surface area contributed by atoms with E-state index in [9.17, 15) is 9.59 Å². The molecule has 0 unspecified atom stereocenters. The van der Waals surface area contributed by atoms with Crippen LogP contribution in [0.5, 0.6) is 0 Å². The van der Waals surface area contributed by atoms with Crippen molar-refractivity contribution < 1.29 is 14.3 Å². The maximum atomic E-state index is 12.6. The molecule has 0 aliphatic heterocycles. The zero-order valence-corrected chi connectivity index (χ0v) is 17.4. The summed E-state index contributed by atoms with van der Waals surface area (Å²) in [4.78, 5) is 29.6. The van der Waals surface area contributed by atoms with E-state index in [-0.39, 0.29) is 18.2 Å². The van der Waals surface area contributed by atoms with Crippen LogP contribution in [-0.4, -0.2) is 33.2 Å². The predicted octanol–water partition coefficient (Wildman–Crippen LogP) is 4.28. The van der Waals surface area contributed by atoms with Crippen LogP contribution in [0, 0.1) is 6.92 Å². The Morgan fingerprint density at radius 1 is 1.13 bits per heavy atom. The summed E-state index contributed by atoms with van der Waals surface area (Å²) in [7, 11) is 0. The van der Waals surface area contributed by atoms with Gasteiger partial charge in [-0.05, 0) is 31.5 Å². The fourth-order valence-electron chi connectivity index (χ4n) is 3.06. The second-order valence-corrected chi connectivity index (χ2v) is 7.71. The summed E-state index contributed by atoms with van der Waals surface area (Å²) in [6.45, 7) is 4.38. The number of carbonyl (C=O) groups excluding carboxylic acids is 2. The molecule has 152 valence electrons. The maximum Gasteiger partial charge on any atom is 0.360 e. The van der Waals surface area contributed by atoms with Crippen LogP contribution in [0.3, 0.4) is 0 Å². The Balaban J connectivity index is 1.69. The van der Waals surface area contributed by atoms with Crippen LogP contribution >= 0.6 is 11.3 Å². The Morgan fingerprint density at radius 3 is 2.67 bits per heavy atom. The quantitative estimate of drug-likeness (QED) is 0.471. The van der Waals surface area contributed by atoms with Gasteiger partial charge in [-0.3, -0.25) is 10.1 Å². The molecule has 1 amide bonds. The van der Waals surface area contributed by atoms with Gasteiger partial charge in [0.1, 0.15) is 4.70 Å². The maximum absolute atomic E-state index is 12.6. The largest absolute Gasteiger partial charge is 0.461 e. The molecule has 8 heteroatoms. The van der Waals surface area contributed by atoms with Crippen LogP contribution < -0.4 is 5.32 Å². The lowest BCUT2D eigenvalue weighted by atomic mass is 10.1. The van der Waals surface area contributed by atoms with Crippen molar-refractivity contribution in [3.05, 3.63) is 77.0 Å². The lowest BCUT2D eigenvalue weighted by molar-refractivity contribution is 0.0520. The minimum absolute atomic E-state index is 0.205. The molecule has 0 bridgehead atoms. The van der Waals surface area contributed by atoms with E-state index in [1.807, 2.05) is 55.5 Å². The first-order valence-electron chi connectivity index (χ1n) is 9.51. The topological polar surface area (TPSA) is 86.1 Å². The monoisotopic (exact) mass is 420 g/mol. The fourth-order valence-corrected chi connectivity index (χ4v) is 4.00. The molecule has 30 heavy (non-hydrogen) atoms. The van der Waals surface area contributed by atoms with Crippen LogP contribution in [0.4, 0.5) is 5.13 Å². The van der Waals surface area contributed by atoms with Gasteiger partial charge in [0, 0.05) is 5.56 Å². The van der Waals surface area contributed by atoms with Crippen LogP contribution in [-0.2, 0) is 11.3 Å². The molecule has 0 spiro atoms. The smallest absolute Gasteiger partial charge is 0.360 e. The number of benzene rings is 2. The molecule has 0 fully saturated rings. The molecule has 0 atom stereocenters. The van der Waals surface area contributed by atoms with E-state index in [1.165, 1.54) is 11.3 Å². The van der Waals surface area contributed by atoms with Gasteiger partial charge < -0.3 is 4.74 Å². The van der Waals surface area contributed by atoms with Gasteiger partial charge in [-0.1, -0.05) is 59.4 Å². The van der Waals surface area contributed by atoms with Crippen molar-refractivity contribution in [3.63, 3.8) is 0 Å². The number of ether oxygens (including phenoxy) is 1. The number of anilines is 1. The highest BCUT2D eigenvalue weighted by molar-refractivity contribution is 7.22. The Labute approximate surface area is 177 Å². The van der Waals surface area contributed by atoms with Crippen molar-refractivity contribution in [2.45, 2.75) is 20.4 Å². The molecule has 0 saturated heterocycles. The average Bonchev–Trinajstić information content (AvgIpc) is 3.28. The second kappa shape index (κ2) is 8.46. The molecule has 0 aliphatic rings. The number of fused-ring (bicyclic) bond motifs is 1. The van der Waals surface area contributed by atoms with Gasteiger partial charge in [-0.15, -0.1) is 0 Å². The van der Waals surface area contributed by atoms with Gasteiger partial charge in [-0.25, -0.2) is 9.48 Å². The summed E-state index contributed by atoms with van der Waals surface area (Å²) in [6.07, 6.45) is 0. The highest BCUT2D eigenvalue weighted by Crippen LogP contribution is 2.30. The summed E-state index contributed by atoms with van der Waals surface area (Å²) < 4.78 is 7.40. The van der Waals surface area contributed by atoms with Gasteiger partial charge in [0.25, 0.3) is 5.91 Å². The third kappa shape index (κ3) is 4.08. The summed E-state index contributed by atoms with van der Waals surface area (Å²) in [5, 5.41) is 7.66. The number of nitrogens with zero attached hydrogens (tertiary/aromatic N) is 3. The third-order valence-electron chi connectivity index (χ3n) is 4.43. The van der Waals surface area contributed by atoms with Gasteiger partial charge >= 0.3 is 5.97 Å². The second-order valence-electron chi connectivity index (χ2n) is 6.71. The molecule has 2 aromatic heterocycles. The normalized spacial score (nSPS) is 10.9. The van der Waals surface area contributed by atoms with E-state index in [0.717, 1.165) is 11.1 Å². The molecular formula is C22H20N4O3S. The van der Waals surface area contributed by atoms with Gasteiger partial charge in [0.05, 0.1) is 13.2 Å². The third-order valence-corrected chi connectivity index (χ3v) is 5.40. The minimum Gasteiger partial charge on any atom is -0.461 e. The van der Waals surface area contributed by atoms with E-state index in [4.69, 9.17) is 4.74 Å². The van der Waals surface area contributed by atoms with Crippen molar-refractivity contribution >= 4 is 38.7 Å². The van der Waals surface area contributed by atoms with Crippen molar-refractivity contribution in [1.82, 2.24) is 14.8 Å². The number of thiazole rings is 1. The van der Waals surface area contributed by atoms with Crippen molar-refractivity contribution in [2.75, 3.05) is 11.9 Å². The summed E-state index contributed by atoms with van der Waals surface area (Å²) >= 11 is 1.21. The Kier molecular flexibility index (Phi) is 5.58. The van der Waals surface area contributed by atoms with Crippen LogP contribution in [0.25, 0.3) is 10.3 Å². The van der Waals surface area contributed by atoms with E-state index in [1.54, 1.807) is 17.7 Å². The molecule has 7 nitrogen and oxygen atoms in total.